The van der Waals surface area contributed by atoms with Crippen molar-refractivity contribution in [2.45, 2.75) is 73.8 Å². The Morgan fingerprint density at radius 3 is 0.680 bits per heavy atom. The highest BCUT2D eigenvalue weighted by molar-refractivity contribution is 6.30. The molecule has 0 fully saturated rings. The first-order valence-electron chi connectivity index (χ1n) is 29.0. The van der Waals surface area contributed by atoms with Crippen molar-refractivity contribution in [3.8, 4) is 0 Å². The maximum absolute atomic E-state index is 14.3. The summed E-state index contributed by atoms with van der Waals surface area (Å²) < 4.78 is 159. The molecule has 0 aromatic heterocycles. The van der Waals surface area contributed by atoms with Gasteiger partial charge in [-0.05, 0) is 98.5 Å². The third-order valence-corrected chi connectivity index (χ3v) is 15.9. The predicted molar refractivity (Wildman–Crippen MR) is 338 cm³/mol. The number of Topliss-reactive ketones (excluding diaryl/α,β-unsaturated/α-hetero) is 4. The minimum absolute atomic E-state index is 0.0675. The van der Waals surface area contributed by atoms with E-state index in [0.717, 1.165) is 92.5 Å². The van der Waals surface area contributed by atoms with Crippen LogP contribution >= 0.6 is 23.2 Å². The smallest absolute Gasteiger partial charge is 0.343 e. The van der Waals surface area contributed by atoms with Gasteiger partial charge >= 0.3 is 23.9 Å². The number of methoxy groups -OCH3 is 4. The highest BCUT2D eigenvalue weighted by Crippen LogP contribution is 2.46. The number of carbonyl (C=O) groups excluding carboxylic acids is 8. The van der Waals surface area contributed by atoms with Crippen molar-refractivity contribution in [3.63, 3.8) is 0 Å². The van der Waals surface area contributed by atoms with E-state index in [1.54, 1.807) is 24.3 Å². The molecule has 8 unspecified atom stereocenters. The molecule has 0 aliphatic carbocycles. The summed E-state index contributed by atoms with van der Waals surface area (Å²) in [7, 11) is 3.69. The van der Waals surface area contributed by atoms with Gasteiger partial charge in [0, 0.05) is 34.3 Å². The van der Waals surface area contributed by atoms with Crippen LogP contribution in [0.15, 0.2) is 170 Å². The summed E-state index contributed by atoms with van der Waals surface area (Å²) in [5, 5.41) is 44.7. The Labute approximate surface area is 574 Å². The normalized spacial score (nSPS) is 14.5. The van der Waals surface area contributed by atoms with Crippen molar-refractivity contribution in [1.82, 2.24) is 0 Å². The number of esters is 4. The van der Waals surface area contributed by atoms with Crippen molar-refractivity contribution in [2.24, 2.45) is 0 Å². The van der Waals surface area contributed by atoms with Gasteiger partial charge in [0.25, 0.3) is 0 Å². The second kappa shape index (κ2) is 34.2. The number of hydrogen-bond donors (Lipinski definition) is 4. The predicted octanol–water partition coefficient (Wildman–Crippen LogP) is 12.4. The molecule has 8 atom stereocenters. The van der Waals surface area contributed by atoms with Gasteiger partial charge in [0.2, 0.25) is 22.4 Å². The van der Waals surface area contributed by atoms with E-state index in [2.05, 4.69) is 18.9 Å². The minimum Gasteiger partial charge on any atom is -0.467 e. The lowest BCUT2D eigenvalue weighted by Gasteiger charge is -2.33. The van der Waals surface area contributed by atoms with Gasteiger partial charge in [-0.3, -0.25) is 19.2 Å². The lowest BCUT2D eigenvalue weighted by molar-refractivity contribution is -0.169. The quantitative estimate of drug-likeness (QED) is 0.0314. The third-order valence-electron chi connectivity index (χ3n) is 15.4. The average molecular weight is 1440 g/mol. The molecule has 0 radical (unpaired) electrons. The number of benzene rings is 8. The lowest BCUT2D eigenvalue weighted by Crippen LogP contribution is -2.46. The van der Waals surface area contributed by atoms with E-state index >= 15 is 0 Å². The average Bonchev–Trinajstić information content (AvgIpc) is 0.771. The second-order valence-corrected chi connectivity index (χ2v) is 22.7. The molecule has 0 aliphatic rings. The number of ether oxygens (including phenoxy) is 4. The van der Waals surface area contributed by atoms with Crippen molar-refractivity contribution in [2.75, 3.05) is 28.4 Å². The molecule has 0 bridgehead atoms. The number of ketones is 4. The molecule has 28 heteroatoms. The van der Waals surface area contributed by atoms with Crippen LogP contribution in [0.3, 0.4) is 0 Å². The van der Waals surface area contributed by atoms with E-state index < -0.39 is 174 Å². The van der Waals surface area contributed by atoms with Gasteiger partial charge in [0.05, 0.1) is 74.4 Å². The van der Waals surface area contributed by atoms with Crippen molar-refractivity contribution < 1.29 is 122 Å². The molecule has 8 aromatic carbocycles. The molecular formula is C72H60Cl2F10O16. The van der Waals surface area contributed by atoms with E-state index in [1.165, 1.54) is 84.9 Å². The zero-order valence-corrected chi connectivity index (χ0v) is 55.2. The molecule has 100 heavy (non-hydrogen) atoms. The maximum atomic E-state index is 14.3. The van der Waals surface area contributed by atoms with Crippen LogP contribution in [0, 0.1) is 58.2 Å². The molecule has 0 saturated heterocycles. The fraction of sp³-hybridized carbons (Fsp3) is 0.222. The highest BCUT2D eigenvalue weighted by atomic mass is 35.5. The van der Waals surface area contributed by atoms with Crippen LogP contribution in [0.1, 0.15) is 95.9 Å². The van der Waals surface area contributed by atoms with Gasteiger partial charge in [-0.1, -0.05) is 120 Å². The molecule has 0 spiro atoms. The molecule has 0 amide bonds. The monoisotopic (exact) mass is 1440 g/mol. The lowest BCUT2D eigenvalue weighted by atomic mass is 9.74. The summed E-state index contributed by atoms with van der Waals surface area (Å²) in [4.78, 5) is 98.1. The van der Waals surface area contributed by atoms with Gasteiger partial charge in [0.15, 0.2) is 0 Å². The first-order valence-corrected chi connectivity index (χ1v) is 29.7. The van der Waals surface area contributed by atoms with Crippen LogP contribution in [0.5, 0.6) is 0 Å². The van der Waals surface area contributed by atoms with E-state index in [9.17, 15) is 103 Å². The van der Waals surface area contributed by atoms with Crippen LogP contribution < -0.4 is 0 Å². The Kier molecular flexibility index (Phi) is 27.6. The van der Waals surface area contributed by atoms with Gasteiger partial charge < -0.3 is 39.4 Å². The number of hydrogen-bond acceptors (Lipinski definition) is 16. The van der Waals surface area contributed by atoms with E-state index in [-0.39, 0.29) is 22.3 Å². The summed E-state index contributed by atoms with van der Waals surface area (Å²) in [5.41, 5.74) is -15.4. The van der Waals surface area contributed by atoms with Crippen LogP contribution in [-0.2, 0) is 79.7 Å². The molecule has 0 aliphatic heterocycles. The Bertz CT molecular complexity index is 4240. The summed E-state index contributed by atoms with van der Waals surface area (Å²) >= 11 is 11.6. The minimum atomic E-state index is -3.06. The van der Waals surface area contributed by atoms with Crippen molar-refractivity contribution in [1.29, 1.82) is 0 Å². The maximum Gasteiger partial charge on any atom is 0.343 e. The fourth-order valence-electron chi connectivity index (χ4n) is 11.3. The summed E-state index contributed by atoms with van der Waals surface area (Å²) in [6.45, 7) is 4.33. The Morgan fingerprint density at radius 2 is 0.490 bits per heavy atom. The zero-order valence-electron chi connectivity index (χ0n) is 53.7. The van der Waals surface area contributed by atoms with E-state index in [4.69, 9.17) is 23.2 Å². The third kappa shape index (κ3) is 17.0. The molecule has 0 heterocycles. The Morgan fingerprint density at radius 1 is 0.300 bits per heavy atom. The molecule has 528 valence electrons. The SMILES string of the molecule is COC(=O)C(O)(c1c(F)cc(F)cc1F)C(C(C)=O)c1ccc(Cl)cc1.COC(=O)C(O)(c1c(F)cc(F)cc1F)C(C(C)=O)c1ccccc1.COC(=O)C(O)(c1c(F)cccc1F)C(C(C)=O)c1ccc(Cl)cc1.COC(=O)C(O)(c1c(F)cccc1F)C(C(C)=O)c1ccccc1. The topological polar surface area (TPSA) is 254 Å². The van der Waals surface area contributed by atoms with Crippen LogP contribution in [0.2, 0.25) is 10.0 Å². The Hall–Kier alpha value is -9.96. The van der Waals surface area contributed by atoms with Gasteiger partial charge in [0.1, 0.15) is 81.3 Å². The first-order chi connectivity index (χ1) is 46.9. The molecule has 16 nitrogen and oxygen atoms in total. The van der Waals surface area contributed by atoms with Gasteiger partial charge in [-0.2, -0.15) is 0 Å². The van der Waals surface area contributed by atoms with Gasteiger partial charge in [-0.25, -0.2) is 63.1 Å². The molecular weight excluding hydrogens is 1380 g/mol. The number of rotatable bonds is 20. The van der Waals surface area contributed by atoms with E-state index in [1.807, 2.05) is 0 Å². The molecule has 8 aromatic rings. The molecule has 4 N–H and O–H groups in total. The summed E-state index contributed by atoms with van der Waals surface area (Å²) in [6, 6.07) is 33.3. The van der Waals surface area contributed by atoms with Crippen LogP contribution in [0.4, 0.5) is 43.9 Å². The number of aliphatic hydroxyl groups is 4. The number of halogens is 12. The zero-order chi connectivity index (χ0) is 75.1. The first kappa shape index (κ1) is 80.7. The van der Waals surface area contributed by atoms with Crippen LogP contribution in [0.25, 0.3) is 0 Å². The van der Waals surface area contributed by atoms with Crippen LogP contribution in [-0.4, -0.2) is 95.9 Å². The van der Waals surface area contributed by atoms with Gasteiger partial charge in [-0.15, -0.1) is 0 Å². The standard InChI is InChI=1S/C18H14ClF3O4.C18H15ClF2O4.C18H15F3O4.C18H16F2O4/c1-9(23)15(10-3-5-11(19)6-4-10)18(25,17(24)26-2)16-13(21)7-12(20)8-14(16)22;1-10(22)15(11-6-8-12(19)9-7-11)18(24,17(23)25-2)16-13(20)4-3-5-14(16)21;1-10(22)15(11-6-4-3-5-7-11)18(24,17(23)25-2)16-13(20)8-12(19)9-14(16)21;1-11(21)15(12-7-4-3-5-8-12)18(23,17(22)24-2)16-13(19)9-6-10-14(16)20/h3-8,15,25H,1-2H3;2*3-9,15,24H,1-2H3;3-10,15,23H,1-2H3. The summed E-state index contributed by atoms with van der Waals surface area (Å²) in [6.07, 6.45) is 0. The molecule has 0 saturated carbocycles. The van der Waals surface area contributed by atoms with Crippen molar-refractivity contribution in [3.05, 3.63) is 283 Å². The largest absolute Gasteiger partial charge is 0.467 e. The highest BCUT2D eigenvalue weighted by Gasteiger charge is 2.57. The number of carbonyl (C=O) groups is 8. The fourth-order valence-corrected chi connectivity index (χ4v) is 11.5. The summed E-state index contributed by atoms with van der Waals surface area (Å²) in [5.74, 6) is -28.1. The van der Waals surface area contributed by atoms with E-state index in [0.29, 0.717) is 34.3 Å². The van der Waals surface area contributed by atoms with Crippen molar-refractivity contribution >= 4 is 70.2 Å². The second-order valence-electron chi connectivity index (χ2n) is 21.8. The Balaban J connectivity index is 0.000000240. The molecule has 8 rings (SSSR count).